The van der Waals surface area contributed by atoms with Crippen molar-refractivity contribution in [2.45, 2.75) is 13.8 Å². The molecule has 0 radical (unpaired) electrons. The molecule has 4 nitrogen and oxygen atoms in total. The number of allylic oxidation sites excluding steroid dienone is 1. The van der Waals surface area contributed by atoms with Crippen molar-refractivity contribution in [1.29, 1.82) is 0 Å². The summed E-state index contributed by atoms with van der Waals surface area (Å²) in [5, 5.41) is 13.1. The van der Waals surface area contributed by atoms with Gasteiger partial charge in [0.1, 0.15) is 5.82 Å². The van der Waals surface area contributed by atoms with Gasteiger partial charge in [-0.25, -0.2) is 5.01 Å². The van der Waals surface area contributed by atoms with Crippen molar-refractivity contribution in [2.24, 2.45) is 5.10 Å². The van der Waals surface area contributed by atoms with Gasteiger partial charge in [-0.1, -0.05) is 61.2 Å². The molecule has 0 saturated heterocycles. The first-order valence-corrected chi connectivity index (χ1v) is 8.59. The number of hydrazone groups is 1. The van der Waals surface area contributed by atoms with Gasteiger partial charge in [0.05, 0.1) is 18.0 Å². The summed E-state index contributed by atoms with van der Waals surface area (Å²) in [5.74, 6) is 0.689. The third kappa shape index (κ3) is 4.22. The Kier molecular flexibility index (Phi) is 5.23. The highest BCUT2D eigenvalue weighted by atomic mass is 15.5. The van der Waals surface area contributed by atoms with E-state index in [9.17, 15) is 0 Å². The fourth-order valence-electron chi connectivity index (χ4n) is 2.69. The minimum atomic E-state index is 0.663. The lowest BCUT2D eigenvalue weighted by Crippen LogP contribution is -2.33. The highest BCUT2D eigenvalue weighted by molar-refractivity contribution is 5.98. The maximum absolute atomic E-state index is 4.67. The smallest absolute Gasteiger partial charge is 0.125 e. The van der Waals surface area contributed by atoms with Crippen LogP contribution < -0.4 is 10.6 Å². The molecule has 26 heavy (non-hydrogen) atoms. The summed E-state index contributed by atoms with van der Waals surface area (Å²) >= 11 is 0. The topological polar surface area (TPSA) is 39.7 Å². The summed E-state index contributed by atoms with van der Waals surface area (Å²) < 4.78 is 0. The third-order valence-corrected chi connectivity index (χ3v) is 4.15. The summed E-state index contributed by atoms with van der Waals surface area (Å²) in [6, 6.07) is 18.4. The van der Waals surface area contributed by atoms with E-state index in [2.05, 4.69) is 60.1 Å². The Morgan fingerprint density at radius 3 is 2.42 bits per heavy atom. The average Bonchev–Trinajstić information content (AvgIpc) is 2.64. The second-order valence-corrected chi connectivity index (χ2v) is 6.32. The van der Waals surface area contributed by atoms with E-state index in [0.29, 0.717) is 12.4 Å². The summed E-state index contributed by atoms with van der Waals surface area (Å²) in [6.45, 7) is 12.9. The largest absolute Gasteiger partial charge is 0.379 e. The quantitative estimate of drug-likeness (QED) is 0.779. The molecule has 0 saturated carbocycles. The predicted molar refractivity (Wildman–Crippen MR) is 110 cm³/mol. The lowest BCUT2D eigenvalue weighted by atomic mass is 10.1. The number of hydrogen-bond donors (Lipinski definition) is 2. The van der Waals surface area contributed by atoms with E-state index >= 15 is 0 Å². The van der Waals surface area contributed by atoms with Gasteiger partial charge in [-0.3, -0.25) is 0 Å². The van der Waals surface area contributed by atoms with E-state index in [-0.39, 0.29) is 0 Å². The first-order chi connectivity index (χ1) is 12.5. The van der Waals surface area contributed by atoms with Gasteiger partial charge in [-0.15, -0.1) is 0 Å². The van der Waals surface area contributed by atoms with Gasteiger partial charge in [0.15, 0.2) is 0 Å². The molecule has 3 rings (SSSR count). The number of aryl methyl sites for hydroxylation is 1. The third-order valence-electron chi connectivity index (χ3n) is 4.15. The molecule has 0 spiro atoms. The molecule has 1 heterocycles. The van der Waals surface area contributed by atoms with Crippen molar-refractivity contribution in [3.8, 4) is 0 Å². The normalized spacial score (nSPS) is 14.8. The Labute approximate surface area is 155 Å². The van der Waals surface area contributed by atoms with Gasteiger partial charge >= 0.3 is 0 Å². The average molecular weight is 344 g/mol. The van der Waals surface area contributed by atoms with Gasteiger partial charge in [0.25, 0.3) is 0 Å². The number of para-hydroxylation sites is 1. The second-order valence-electron chi connectivity index (χ2n) is 6.32. The minimum Gasteiger partial charge on any atom is -0.379 e. The Morgan fingerprint density at radius 2 is 1.77 bits per heavy atom. The highest BCUT2D eigenvalue weighted by Gasteiger charge is 2.17. The zero-order valence-corrected chi connectivity index (χ0v) is 15.3. The molecule has 0 amide bonds. The lowest BCUT2D eigenvalue weighted by Gasteiger charge is -2.29. The summed E-state index contributed by atoms with van der Waals surface area (Å²) in [5.41, 5.74) is 6.08. The molecule has 4 heteroatoms. The molecule has 0 atom stereocenters. The highest BCUT2D eigenvalue weighted by Crippen LogP contribution is 2.20. The monoisotopic (exact) mass is 344 g/mol. The van der Waals surface area contributed by atoms with E-state index in [1.165, 1.54) is 5.56 Å². The molecule has 1 aliphatic heterocycles. The number of nitrogens with zero attached hydrogens (tertiary/aromatic N) is 2. The van der Waals surface area contributed by atoms with Gasteiger partial charge in [0, 0.05) is 11.4 Å². The number of nitrogens with one attached hydrogen (secondary N) is 2. The Morgan fingerprint density at radius 1 is 1.08 bits per heavy atom. The molecule has 0 fully saturated rings. The predicted octanol–water partition coefficient (Wildman–Crippen LogP) is 4.61. The molecular weight excluding hydrogens is 320 g/mol. The molecule has 0 unspecified atom stereocenters. The Bertz CT molecular complexity index is 861. The van der Waals surface area contributed by atoms with Crippen LogP contribution in [0.25, 0.3) is 0 Å². The number of anilines is 1. The van der Waals surface area contributed by atoms with E-state index < -0.39 is 0 Å². The van der Waals surface area contributed by atoms with E-state index in [0.717, 1.165) is 28.4 Å². The van der Waals surface area contributed by atoms with Crippen LogP contribution in [0.15, 0.2) is 96.1 Å². The lowest BCUT2D eigenvalue weighted by molar-refractivity contribution is 0.428. The van der Waals surface area contributed by atoms with Gasteiger partial charge < -0.3 is 10.6 Å². The standard InChI is InChI=1S/C22H24N4/c1-16-10-12-20(13-11-16)18(3)25-26-17(2)14-22(24-19(26)4)15-23-21-8-6-5-7-9-21/h5-14,23-24H,2,4,15H2,1,3H3/b25-18+. The number of benzene rings is 2. The van der Waals surface area contributed by atoms with Gasteiger partial charge in [-0.2, -0.15) is 5.10 Å². The van der Waals surface area contributed by atoms with Crippen LogP contribution in [0.3, 0.4) is 0 Å². The molecule has 0 aliphatic carbocycles. The molecule has 0 bridgehead atoms. The van der Waals surface area contributed by atoms with Crippen LogP contribution in [0, 0.1) is 6.92 Å². The Balaban J connectivity index is 1.70. The van der Waals surface area contributed by atoms with Crippen LogP contribution in [-0.2, 0) is 0 Å². The van der Waals surface area contributed by atoms with Crippen molar-refractivity contribution in [3.05, 3.63) is 102 Å². The number of hydrogen-bond acceptors (Lipinski definition) is 4. The molecule has 132 valence electrons. The van der Waals surface area contributed by atoms with Gasteiger partial charge in [-0.05, 0) is 37.6 Å². The second kappa shape index (κ2) is 7.74. The Hall–Kier alpha value is -3.27. The fourth-order valence-corrected chi connectivity index (χ4v) is 2.69. The summed E-state index contributed by atoms with van der Waals surface area (Å²) in [7, 11) is 0. The van der Waals surface area contributed by atoms with Crippen LogP contribution in [-0.4, -0.2) is 17.3 Å². The van der Waals surface area contributed by atoms with Crippen molar-refractivity contribution in [3.63, 3.8) is 0 Å². The van der Waals surface area contributed by atoms with Crippen LogP contribution in [0.1, 0.15) is 18.1 Å². The zero-order valence-electron chi connectivity index (χ0n) is 15.3. The van der Waals surface area contributed by atoms with Crippen molar-refractivity contribution in [1.82, 2.24) is 10.3 Å². The molecule has 2 aromatic rings. The number of rotatable bonds is 5. The van der Waals surface area contributed by atoms with Gasteiger partial charge in [0.2, 0.25) is 0 Å². The maximum Gasteiger partial charge on any atom is 0.125 e. The van der Waals surface area contributed by atoms with Crippen molar-refractivity contribution < 1.29 is 0 Å². The van der Waals surface area contributed by atoms with Crippen molar-refractivity contribution >= 4 is 11.4 Å². The SMILES string of the molecule is C=C1C=C(CNc2ccccc2)NC(=C)N1/N=C(\C)c1ccc(C)cc1. The molecule has 2 aromatic carbocycles. The fraction of sp³-hybridized carbons (Fsp3) is 0.136. The summed E-state index contributed by atoms with van der Waals surface area (Å²) in [6.07, 6.45) is 1.98. The zero-order chi connectivity index (χ0) is 18.5. The van der Waals surface area contributed by atoms with Crippen LogP contribution in [0.4, 0.5) is 5.69 Å². The first-order valence-electron chi connectivity index (χ1n) is 8.59. The molecule has 2 N–H and O–H groups in total. The summed E-state index contributed by atoms with van der Waals surface area (Å²) in [4.78, 5) is 0. The van der Waals surface area contributed by atoms with Crippen LogP contribution in [0.5, 0.6) is 0 Å². The van der Waals surface area contributed by atoms with E-state index in [1.54, 1.807) is 5.01 Å². The van der Waals surface area contributed by atoms with Crippen LogP contribution in [0.2, 0.25) is 0 Å². The molecule has 1 aliphatic rings. The first kappa shape index (κ1) is 17.5. The minimum absolute atomic E-state index is 0.663. The molecule has 0 aromatic heterocycles. The van der Waals surface area contributed by atoms with Crippen LogP contribution >= 0.6 is 0 Å². The van der Waals surface area contributed by atoms with E-state index in [4.69, 9.17) is 0 Å². The molecular formula is C22H24N4. The maximum atomic E-state index is 4.67. The van der Waals surface area contributed by atoms with E-state index in [1.807, 2.05) is 43.3 Å². The van der Waals surface area contributed by atoms with Crippen molar-refractivity contribution in [2.75, 3.05) is 11.9 Å².